The summed E-state index contributed by atoms with van der Waals surface area (Å²) in [6, 6.07) is 0. The minimum atomic E-state index is -1.19. The number of hydrogen-bond acceptors (Lipinski definition) is 4. The van der Waals surface area contributed by atoms with Gasteiger partial charge in [-0.3, -0.25) is 4.79 Å². The van der Waals surface area contributed by atoms with E-state index in [2.05, 4.69) is 0 Å². The Hall–Kier alpha value is -1.10. The fraction of sp³-hybridized carbons (Fsp3) is 0.714. The molecule has 0 spiro atoms. The van der Waals surface area contributed by atoms with Crippen LogP contribution in [0.25, 0.3) is 0 Å². The predicted molar refractivity (Wildman–Crippen MR) is 36.8 cm³/mol. The zero-order chi connectivity index (χ0) is 9.14. The van der Waals surface area contributed by atoms with Crippen LogP contribution in [-0.4, -0.2) is 41.6 Å². The largest absolute Gasteiger partial charge is 0.550 e. The van der Waals surface area contributed by atoms with Gasteiger partial charge in [-0.25, -0.2) is 0 Å². The Morgan fingerprint density at radius 3 is 2.83 bits per heavy atom. The third-order valence-electron chi connectivity index (χ3n) is 1.92. The molecule has 1 atom stereocenters. The first-order valence-corrected chi connectivity index (χ1v) is 3.74. The Labute approximate surface area is 69.6 Å². The number of rotatable bonds is 3. The van der Waals surface area contributed by atoms with Gasteiger partial charge in [0.25, 0.3) is 0 Å². The first-order valence-electron chi connectivity index (χ1n) is 3.74. The van der Waals surface area contributed by atoms with E-state index in [1.54, 1.807) is 0 Å². The number of aliphatic carboxylic acids is 1. The number of carbonyl (C=O) groups excluding carboxylic acids is 2. The van der Waals surface area contributed by atoms with Gasteiger partial charge in [-0.05, 0) is 0 Å². The number of aliphatic hydroxyl groups is 1. The van der Waals surface area contributed by atoms with Crippen LogP contribution in [0, 0.1) is 5.92 Å². The van der Waals surface area contributed by atoms with Crippen LogP contribution in [-0.2, 0) is 9.59 Å². The van der Waals surface area contributed by atoms with E-state index in [9.17, 15) is 14.7 Å². The summed E-state index contributed by atoms with van der Waals surface area (Å²) in [7, 11) is 0. The number of carbonyl (C=O) groups is 2. The summed E-state index contributed by atoms with van der Waals surface area (Å²) in [4.78, 5) is 22.7. The molecule has 12 heavy (non-hydrogen) atoms. The highest BCUT2D eigenvalue weighted by molar-refractivity contribution is 5.85. The second-order valence-corrected chi connectivity index (χ2v) is 2.78. The van der Waals surface area contributed by atoms with E-state index in [0.29, 0.717) is 0 Å². The summed E-state index contributed by atoms with van der Waals surface area (Å²) < 4.78 is 0. The van der Waals surface area contributed by atoms with Gasteiger partial charge in [0, 0.05) is 31.4 Å². The van der Waals surface area contributed by atoms with Crippen LogP contribution in [0.5, 0.6) is 0 Å². The van der Waals surface area contributed by atoms with E-state index in [-0.39, 0.29) is 32.0 Å². The second kappa shape index (κ2) is 3.53. The lowest BCUT2D eigenvalue weighted by molar-refractivity contribution is -0.311. The van der Waals surface area contributed by atoms with Gasteiger partial charge in [-0.15, -0.1) is 0 Å². The van der Waals surface area contributed by atoms with E-state index in [1.807, 2.05) is 0 Å². The molecule has 0 aliphatic carbocycles. The Morgan fingerprint density at radius 2 is 2.42 bits per heavy atom. The standard InChI is InChI=1S/C7H11NO4/c9-2-1-8-4-5(7(11)12)3-6(8)10/h5,9H,1-4H2,(H,11,12)/p-1/t5-/m1/s1. The average molecular weight is 172 g/mol. The molecular weight excluding hydrogens is 162 g/mol. The van der Waals surface area contributed by atoms with Crippen LogP contribution in [0.1, 0.15) is 6.42 Å². The van der Waals surface area contributed by atoms with E-state index in [0.717, 1.165) is 0 Å². The molecule has 0 aromatic heterocycles. The zero-order valence-corrected chi connectivity index (χ0v) is 6.52. The van der Waals surface area contributed by atoms with Gasteiger partial charge >= 0.3 is 0 Å². The van der Waals surface area contributed by atoms with Crippen molar-refractivity contribution in [3.05, 3.63) is 0 Å². The summed E-state index contributed by atoms with van der Waals surface area (Å²) in [6.07, 6.45) is 0.00231. The van der Waals surface area contributed by atoms with E-state index >= 15 is 0 Å². The summed E-state index contributed by atoms with van der Waals surface area (Å²) in [5.74, 6) is -2.12. The summed E-state index contributed by atoms with van der Waals surface area (Å²) in [6.45, 7) is 0.246. The molecule has 1 saturated heterocycles. The number of carboxylic acids is 1. The van der Waals surface area contributed by atoms with Crippen LogP contribution >= 0.6 is 0 Å². The Bertz CT molecular complexity index is 204. The molecule has 1 aliphatic rings. The fourth-order valence-electron chi connectivity index (χ4n) is 1.27. The molecule has 0 radical (unpaired) electrons. The molecule has 1 fully saturated rings. The van der Waals surface area contributed by atoms with Crippen LogP contribution in [0.3, 0.4) is 0 Å². The van der Waals surface area contributed by atoms with Gasteiger partial charge in [-0.1, -0.05) is 0 Å². The smallest absolute Gasteiger partial charge is 0.223 e. The number of hydrogen-bond donors (Lipinski definition) is 1. The summed E-state index contributed by atoms with van der Waals surface area (Å²) >= 11 is 0. The molecule has 0 unspecified atom stereocenters. The van der Waals surface area contributed by atoms with Crippen LogP contribution in [0.15, 0.2) is 0 Å². The SMILES string of the molecule is O=C([O-])[C@@H]1CC(=O)N(CCO)C1. The van der Waals surface area contributed by atoms with Crippen molar-refractivity contribution < 1.29 is 19.8 Å². The predicted octanol–water partition coefficient (Wildman–Crippen LogP) is -2.42. The van der Waals surface area contributed by atoms with Crippen LogP contribution in [0.2, 0.25) is 0 Å². The fourth-order valence-corrected chi connectivity index (χ4v) is 1.27. The minimum absolute atomic E-state index is 0.00231. The van der Waals surface area contributed by atoms with Crippen molar-refractivity contribution in [2.45, 2.75) is 6.42 Å². The molecule has 1 heterocycles. The van der Waals surface area contributed by atoms with E-state index < -0.39 is 11.9 Å². The first-order chi connectivity index (χ1) is 5.65. The lowest BCUT2D eigenvalue weighted by Crippen LogP contribution is -2.34. The third-order valence-corrected chi connectivity index (χ3v) is 1.92. The van der Waals surface area contributed by atoms with Crippen molar-refractivity contribution >= 4 is 11.9 Å². The molecule has 1 amide bonds. The Morgan fingerprint density at radius 1 is 1.75 bits per heavy atom. The van der Waals surface area contributed by atoms with E-state index in [1.165, 1.54) is 4.90 Å². The first kappa shape index (κ1) is 8.99. The van der Waals surface area contributed by atoms with Gasteiger partial charge in [0.15, 0.2) is 0 Å². The molecule has 5 heteroatoms. The molecule has 1 rings (SSSR count). The van der Waals surface area contributed by atoms with E-state index in [4.69, 9.17) is 5.11 Å². The van der Waals surface area contributed by atoms with Crippen molar-refractivity contribution in [1.82, 2.24) is 4.90 Å². The summed E-state index contributed by atoms with van der Waals surface area (Å²) in [5.41, 5.74) is 0. The van der Waals surface area contributed by atoms with Gasteiger partial charge in [-0.2, -0.15) is 0 Å². The van der Waals surface area contributed by atoms with Crippen LogP contribution < -0.4 is 5.11 Å². The monoisotopic (exact) mass is 172 g/mol. The maximum Gasteiger partial charge on any atom is 0.223 e. The topological polar surface area (TPSA) is 80.7 Å². The maximum absolute atomic E-state index is 11.0. The molecular formula is C7H10NO4-. The third kappa shape index (κ3) is 1.73. The summed E-state index contributed by atoms with van der Waals surface area (Å²) in [5, 5.41) is 18.9. The van der Waals surface area contributed by atoms with Gasteiger partial charge in [0.05, 0.1) is 6.61 Å². The normalized spacial score (nSPS) is 23.2. The number of amides is 1. The molecule has 0 saturated carbocycles. The number of nitrogens with zero attached hydrogens (tertiary/aromatic N) is 1. The van der Waals surface area contributed by atoms with Crippen LogP contribution in [0.4, 0.5) is 0 Å². The Balaban J connectivity index is 2.50. The molecule has 68 valence electrons. The Kier molecular flexibility index (Phi) is 2.65. The second-order valence-electron chi connectivity index (χ2n) is 2.78. The van der Waals surface area contributed by atoms with Crippen molar-refractivity contribution in [1.29, 1.82) is 0 Å². The van der Waals surface area contributed by atoms with Gasteiger partial charge in [0.2, 0.25) is 5.91 Å². The molecule has 0 aromatic rings. The highest BCUT2D eigenvalue weighted by Crippen LogP contribution is 2.15. The number of β-amino-alcohol motifs (C(OH)–C–C–N with tert-alkyl or cyclic N) is 1. The molecule has 0 bridgehead atoms. The molecule has 1 aliphatic heterocycles. The van der Waals surface area contributed by atoms with Crippen molar-refractivity contribution in [2.75, 3.05) is 19.7 Å². The average Bonchev–Trinajstić information content (AvgIpc) is 2.34. The molecule has 0 aromatic carbocycles. The number of carboxylic acid groups (broad SMARTS) is 1. The molecule has 1 N–H and O–H groups in total. The minimum Gasteiger partial charge on any atom is -0.550 e. The zero-order valence-electron chi connectivity index (χ0n) is 6.52. The highest BCUT2D eigenvalue weighted by Gasteiger charge is 2.29. The lowest BCUT2D eigenvalue weighted by atomic mass is 10.1. The maximum atomic E-state index is 11.0. The van der Waals surface area contributed by atoms with Gasteiger partial charge in [0.1, 0.15) is 0 Å². The quantitative estimate of drug-likeness (QED) is 0.513. The van der Waals surface area contributed by atoms with Gasteiger partial charge < -0.3 is 19.9 Å². The number of likely N-dealkylation sites (tertiary alicyclic amines) is 1. The lowest BCUT2D eigenvalue weighted by Gasteiger charge is -2.14. The number of aliphatic hydroxyl groups excluding tert-OH is 1. The van der Waals surface area contributed by atoms with Crippen molar-refractivity contribution in [3.8, 4) is 0 Å². The highest BCUT2D eigenvalue weighted by atomic mass is 16.4. The van der Waals surface area contributed by atoms with Crippen molar-refractivity contribution in [3.63, 3.8) is 0 Å². The van der Waals surface area contributed by atoms with Crippen molar-refractivity contribution in [2.24, 2.45) is 5.92 Å². The molecule has 5 nitrogen and oxygen atoms in total.